The minimum atomic E-state index is -2.34. The molecule has 2 atom stereocenters. The lowest BCUT2D eigenvalue weighted by Gasteiger charge is -2.27. The number of anilines is 1. The van der Waals surface area contributed by atoms with E-state index < -0.39 is 5.76 Å². The molecule has 1 aliphatic rings. The van der Waals surface area contributed by atoms with Gasteiger partial charge < -0.3 is 5.32 Å². The minimum absolute atomic E-state index is 0.592. The number of thioether (sulfide) groups is 1. The van der Waals surface area contributed by atoms with Crippen LogP contribution in [0.1, 0.15) is 32.6 Å². The summed E-state index contributed by atoms with van der Waals surface area (Å²) in [4.78, 5) is 0.617. The molecular formula is C15H21F2NS. The number of hydrogen-bond acceptors (Lipinski definition) is 2. The Morgan fingerprint density at radius 1 is 1.26 bits per heavy atom. The molecule has 0 radical (unpaired) electrons. The molecule has 0 amide bonds. The maximum atomic E-state index is 12.2. The molecule has 0 aromatic heterocycles. The fraction of sp³-hybridized carbons (Fsp3) is 0.600. The highest BCUT2D eigenvalue weighted by Gasteiger charge is 2.18. The highest BCUT2D eigenvalue weighted by Crippen LogP contribution is 2.29. The first-order chi connectivity index (χ1) is 9.13. The van der Waals surface area contributed by atoms with Crippen LogP contribution in [0.15, 0.2) is 29.2 Å². The number of rotatable bonds is 5. The Kier molecular flexibility index (Phi) is 5.49. The van der Waals surface area contributed by atoms with Crippen molar-refractivity contribution in [2.45, 2.75) is 43.3 Å². The van der Waals surface area contributed by atoms with Gasteiger partial charge in [0.15, 0.2) is 0 Å². The predicted molar refractivity (Wildman–Crippen MR) is 77.9 cm³/mol. The van der Waals surface area contributed by atoms with Gasteiger partial charge in [-0.05, 0) is 48.9 Å². The van der Waals surface area contributed by atoms with E-state index in [0.29, 0.717) is 16.7 Å². The highest BCUT2D eigenvalue weighted by molar-refractivity contribution is 7.99. The summed E-state index contributed by atoms with van der Waals surface area (Å²) in [5.41, 5.74) is 1.02. The number of hydrogen-bond donors (Lipinski definition) is 1. The van der Waals surface area contributed by atoms with Gasteiger partial charge >= 0.3 is 0 Å². The van der Waals surface area contributed by atoms with Crippen molar-refractivity contribution >= 4 is 17.4 Å². The second-order valence-corrected chi connectivity index (χ2v) is 6.49. The van der Waals surface area contributed by atoms with Crippen molar-refractivity contribution in [1.82, 2.24) is 0 Å². The largest absolute Gasteiger partial charge is 0.385 e. The summed E-state index contributed by atoms with van der Waals surface area (Å²) in [7, 11) is 0. The SMILES string of the molecule is CC1CCCC(CNc2ccc(SC(F)F)cc2)C1. The van der Waals surface area contributed by atoms with E-state index in [2.05, 4.69) is 12.2 Å². The third-order valence-corrected chi connectivity index (χ3v) is 4.44. The molecule has 1 fully saturated rings. The van der Waals surface area contributed by atoms with Crippen LogP contribution in [0.4, 0.5) is 14.5 Å². The molecule has 1 aromatic carbocycles. The predicted octanol–water partition coefficient (Wildman–Crippen LogP) is 5.24. The van der Waals surface area contributed by atoms with Crippen LogP contribution in [0.5, 0.6) is 0 Å². The second-order valence-electron chi connectivity index (χ2n) is 5.42. The van der Waals surface area contributed by atoms with Crippen molar-refractivity contribution in [3.63, 3.8) is 0 Å². The van der Waals surface area contributed by atoms with E-state index in [1.807, 2.05) is 12.1 Å². The van der Waals surface area contributed by atoms with Gasteiger partial charge in [0.25, 0.3) is 5.76 Å². The Bertz CT molecular complexity index is 380. The van der Waals surface area contributed by atoms with Gasteiger partial charge in [-0.15, -0.1) is 0 Å². The van der Waals surface area contributed by atoms with Crippen LogP contribution < -0.4 is 5.32 Å². The lowest BCUT2D eigenvalue weighted by atomic mass is 9.82. The van der Waals surface area contributed by atoms with Gasteiger partial charge in [-0.25, -0.2) is 0 Å². The van der Waals surface area contributed by atoms with Gasteiger partial charge in [-0.1, -0.05) is 31.5 Å². The molecule has 0 saturated heterocycles. The quantitative estimate of drug-likeness (QED) is 0.742. The summed E-state index contributed by atoms with van der Waals surface area (Å²) < 4.78 is 24.4. The van der Waals surface area contributed by atoms with Gasteiger partial charge in [0, 0.05) is 17.1 Å². The minimum Gasteiger partial charge on any atom is -0.385 e. The first-order valence-electron chi connectivity index (χ1n) is 6.92. The molecule has 2 unspecified atom stereocenters. The molecule has 0 heterocycles. The smallest absolute Gasteiger partial charge is 0.288 e. The second kappa shape index (κ2) is 7.13. The number of benzene rings is 1. The van der Waals surface area contributed by atoms with Gasteiger partial charge in [-0.2, -0.15) is 8.78 Å². The van der Waals surface area contributed by atoms with E-state index in [1.165, 1.54) is 25.7 Å². The molecule has 106 valence electrons. The highest BCUT2D eigenvalue weighted by atomic mass is 32.2. The molecule has 2 rings (SSSR count). The van der Waals surface area contributed by atoms with Gasteiger partial charge in [-0.3, -0.25) is 0 Å². The number of halogens is 2. The molecule has 1 nitrogen and oxygen atoms in total. The van der Waals surface area contributed by atoms with E-state index in [9.17, 15) is 8.78 Å². The van der Waals surface area contributed by atoms with Crippen molar-refractivity contribution in [1.29, 1.82) is 0 Å². The molecule has 0 aliphatic heterocycles. The van der Waals surface area contributed by atoms with E-state index in [4.69, 9.17) is 0 Å². The zero-order valence-electron chi connectivity index (χ0n) is 11.2. The summed E-state index contributed by atoms with van der Waals surface area (Å²) in [5, 5.41) is 3.42. The zero-order valence-corrected chi connectivity index (χ0v) is 12.1. The molecule has 19 heavy (non-hydrogen) atoms. The normalized spacial score (nSPS) is 23.6. The van der Waals surface area contributed by atoms with Crippen LogP contribution in [0.25, 0.3) is 0 Å². The van der Waals surface area contributed by atoms with Crippen LogP contribution in [0, 0.1) is 11.8 Å². The first kappa shape index (κ1) is 14.6. The van der Waals surface area contributed by atoms with E-state index in [-0.39, 0.29) is 0 Å². The van der Waals surface area contributed by atoms with Crippen molar-refractivity contribution in [3.05, 3.63) is 24.3 Å². The van der Waals surface area contributed by atoms with Crippen LogP contribution in [-0.2, 0) is 0 Å². The Hall–Kier alpha value is -0.770. The van der Waals surface area contributed by atoms with Crippen LogP contribution >= 0.6 is 11.8 Å². The van der Waals surface area contributed by atoms with Crippen LogP contribution in [-0.4, -0.2) is 12.3 Å². The Morgan fingerprint density at radius 2 is 2.00 bits per heavy atom. The van der Waals surface area contributed by atoms with Crippen LogP contribution in [0.3, 0.4) is 0 Å². The molecule has 1 saturated carbocycles. The average molecular weight is 285 g/mol. The zero-order chi connectivity index (χ0) is 13.7. The summed E-state index contributed by atoms with van der Waals surface area (Å²) >= 11 is 0.592. The molecule has 1 aromatic rings. The summed E-state index contributed by atoms with van der Waals surface area (Å²) in [6.45, 7) is 3.31. The molecule has 4 heteroatoms. The van der Waals surface area contributed by atoms with Crippen molar-refractivity contribution in [2.75, 3.05) is 11.9 Å². The third-order valence-electron chi connectivity index (χ3n) is 3.72. The standard InChI is InChI=1S/C15H21F2NS/c1-11-3-2-4-12(9-11)10-18-13-5-7-14(8-6-13)19-15(16)17/h5-8,11-12,15,18H,2-4,9-10H2,1H3. The van der Waals surface area contributed by atoms with Crippen molar-refractivity contribution in [3.8, 4) is 0 Å². The molecule has 0 bridgehead atoms. The van der Waals surface area contributed by atoms with E-state index in [1.54, 1.807) is 12.1 Å². The van der Waals surface area contributed by atoms with Gasteiger partial charge in [0.05, 0.1) is 0 Å². The fourth-order valence-corrected chi connectivity index (χ4v) is 3.26. The number of nitrogens with one attached hydrogen (secondary N) is 1. The summed E-state index contributed by atoms with van der Waals surface area (Å²) in [6.07, 6.45) is 5.29. The average Bonchev–Trinajstić information content (AvgIpc) is 2.37. The van der Waals surface area contributed by atoms with Gasteiger partial charge in [0.2, 0.25) is 0 Å². The number of alkyl halides is 2. The van der Waals surface area contributed by atoms with Crippen LogP contribution in [0.2, 0.25) is 0 Å². The fourth-order valence-electron chi connectivity index (χ4n) is 2.76. The summed E-state index contributed by atoms with van der Waals surface area (Å²) in [6, 6.07) is 7.28. The Morgan fingerprint density at radius 3 is 2.63 bits per heavy atom. The topological polar surface area (TPSA) is 12.0 Å². The maximum absolute atomic E-state index is 12.2. The first-order valence-corrected chi connectivity index (χ1v) is 7.80. The summed E-state index contributed by atoms with van der Waals surface area (Å²) in [5.74, 6) is -0.758. The third kappa shape index (κ3) is 5.01. The maximum Gasteiger partial charge on any atom is 0.288 e. The lowest BCUT2D eigenvalue weighted by molar-refractivity contribution is 0.252. The van der Waals surface area contributed by atoms with Crippen molar-refractivity contribution < 1.29 is 8.78 Å². The lowest BCUT2D eigenvalue weighted by Crippen LogP contribution is -2.20. The molecule has 1 N–H and O–H groups in total. The Balaban J connectivity index is 1.79. The molecule has 0 spiro atoms. The monoisotopic (exact) mass is 285 g/mol. The van der Waals surface area contributed by atoms with E-state index >= 15 is 0 Å². The van der Waals surface area contributed by atoms with Gasteiger partial charge in [0.1, 0.15) is 0 Å². The van der Waals surface area contributed by atoms with Crippen molar-refractivity contribution in [2.24, 2.45) is 11.8 Å². The molecular weight excluding hydrogens is 264 g/mol. The Labute approximate surface area is 118 Å². The molecule has 1 aliphatic carbocycles. The van der Waals surface area contributed by atoms with E-state index in [0.717, 1.165) is 24.1 Å².